The second-order valence-corrected chi connectivity index (χ2v) is 7.74. The Morgan fingerprint density at radius 1 is 1.23 bits per heavy atom. The highest BCUT2D eigenvalue weighted by Gasteiger charge is 2.31. The third kappa shape index (κ3) is 8.43. The number of aromatic hydroxyl groups is 1. The number of carbonyl (C=O) groups is 3. The molecule has 1 rings (SSSR count). The highest BCUT2D eigenvalue weighted by molar-refractivity contribution is 5.91. The molecule has 8 heteroatoms. The van der Waals surface area contributed by atoms with Crippen LogP contribution in [-0.2, 0) is 14.3 Å². The minimum Gasteiger partial charge on any atom is -0.508 e. The van der Waals surface area contributed by atoms with Crippen molar-refractivity contribution in [1.82, 2.24) is 15.5 Å². The fraction of sp³-hybridized carbons (Fsp3) is 0.500. The van der Waals surface area contributed by atoms with Gasteiger partial charge < -0.3 is 20.5 Å². The molecule has 3 N–H and O–H groups in total. The van der Waals surface area contributed by atoms with Crippen LogP contribution in [0, 0.1) is 12.5 Å². The van der Waals surface area contributed by atoms with Crippen molar-refractivity contribution in [2.75, 3.05) is 13.1 Å². The Labute approximate surface area is 178 Å². The lowest BCUT2D eigenvalue weighted by molar-refractivity contribution is -0.136. The number of terminal acetylenes is 1. The largest absolute Gasteiger partial charge is 0.508 e. The monoisotopic (exact) mass is 417 g/mol. The zero-order chi connectivity index (χ0) is 22.7. The number of ether oxygens (including phenoxy) is 1. The Morgan fingerprint density at radius 2 is 1.93 bits per heavy atom. The minimum atomic E-state index is -1.16. The summed E-state index contributed by atoms with van der Waals surface area (Å²) >= 11 is 0. The van der Waals surface area contributed by atoms with Crippen molar-refractivity contribution in [2.45, 2.75) is 58.6 Å². The van der Waals surface area contributed by atoms with Crippen molar-refractivity contribution < 1.29 is 24.2 Å². The van der Waals surface area contributed by atoms with E-state index in [-0.39, 0.29) is 5.75 Å². The molecule has 0 heterocycles. The first kappa shape index (κ1) is 24.8. The summed E-state index contributed by atoms with van der Waals surface area (Å²) in [5.41, 5.74) is -0.368. The molecule has 1 aromatic carbocycles. The van der Waals surface area contributed by atoms with Crippen molar-refractivity contribution in [2.24, 2.45) is 0 Å². The lowest BCUT2D eigenvalue weighted by atomic mass is 10.0. The number of unbranched alkanes of at least 4 members (excludes halogenated alkanes) is 2. The van der Waals surface area contributed by atoms with Crippen LogP contribution in [0.4, 0.5) is 4.79 Å². The lowest BCUT2D eigenvalue weighted by Crippen LogP contribution is -2.46. The topological polar surface area (TPSA) is 108 Å². The molecule has 1 atom stereocenters. The summed E-state index contributed by atoms with van der Waals surface area (Å²) in [5.74, 6) is -1.20. The molecule has 1 unspecified atom stereocenters. The average Bonchev–Trinajstić information content (AvgIpc) is 2.66. The van der Waals surface area contributed by atoms with Crippen LogP contribution in [0.5, 0.6) is 5.75 Å². The number of hydrogen-bond donors (Lipinski definition) is 3. The van der Waals surface area contributed by atoms with E-state index in [4.69, 9.17) is 11.2 Å². The van der Waals surface area contributed by atoms with E-state index in [1.807, 2.05) is 6.92 Å². The van der Waals surface area contributed by atoms with E-state index in [2.05, 4.69) is 16.7 Å². The van der Waals surface area contributed by atoms with Crippen LogP contribution in [0.15, 0.2) is 24.3 Å². The van der Waals surface area contributed by atoms with Gasteiger partial charge in [0.1, 0.15) is 23.9 Å². The Balaban J connectivity index is 2.99. The Hall–Kier alpha value is -3.21. The van der Waals surface area contributed by atoms with E-state index in [1.54, 1.807) is 32.9 Å². The van der Waals surface area contributed by atoms with Crippen LogP contribution in [0.25, 0.3) is 0 Å². The van der Waals surface area contributed by atoms with Gasteiger partial charge in [-0.05, 0) is 44.9 Å². The van der Waals surface area contributed by atoms with Gasteiger partial charge in [-0.2, -0.15) is 0 Å². The molecule has 0 aliphatic rings. The number of carbonyl (C=O) groups excluding carboxylic acids is 3. The Kier molecular flexibility index (Phi) is 9.69. The Morgan fingerprint density at radius 3 is 2.50 bits per heavy atom. The summed E-state index contributed by atoms with van der Waals surface area (Å²) in [6.07, 6.45) is 7.51. The molecule has 3 amide bonds. The highest BCUT2D eigenvalue weighted by atomic mass is 16.6. The van der Waals surface area contributed by atoms with E-state index < -0.39 is 36.1 Å². The molecular weight excluding hydrogens is 386 g/mol. The van der Waals surface area contributed by atoms with Crippen molar-refractivity contribution in [1.29, 1.82) is 0 Å². The van der Waals surface area contributed by atoms with Crippen LogP contribution >= 0.6 is 0 Å². The maximum absolute atomic E-state index is 12.9. The lowest BCUT2D eigenvalue weighted by Gasteiger charge is -2.27. The molecule has 0 saturated heterocycles. The molecule has 164 valence electrons. The van der Waals surface area contributed by atoms with Gasteiger partial charge in [0.25, 0.3) is 5.91 Å². The molecule has 0 bridgehead atoms. The Bertz CT molecular complexity index is 780. The zero-order valence-electron chi connectivity index (χ0n) is 18.0. The number of phenolic OH excluding ortho intramolecular Hbond substituents is 1. The summed E-state index contributed by atoms with van der Waals surface area (Å²) in [4.78, 5) is 38.3. The molecule has 0 spiro atoms. The first-order valence-corrected chi connectivity index (χ1v) is 9.90. The second kappa shape index (κ2) is 11.7. The number of hydrogen-bond acceptors (Lipinski definition) is 5. The van der Waals surface area contributed by atoms with Gasteiger partial charge in [-0.3, -0.25) is 14.5 Å². The second-order valence-electron chi connectivity index (χ2n) is 7.74. The summed E-state index contributed by atoms with van der Waals surface area (Å²) in [5, 5.41) is 14.9. The van der Waals surface area contributed by atoms with Crippen molar-refractivity contribution >= 4 is 17.9 Å². The molecule has 0 saturated carbocycles. The quantitative estimate of drug-likeness (QED) is 0.325. The molecule has 0 aromatic heterocycles. The van der Waals surface area contributed by atoms with Crippen molar-refractivity contribution in [3.8, 4) is 18.2 Å². The molecule has 30 heavy (non-hydrogen) atoms. The third-order valence-electron chi connectivity index (χ3n) is 3.96. The zero-order valence-corrected chi connectivity index (χ0v) is 18.0. The van der Waals surface area contributed by atoms with Crippen LogP contribution in [0.1, 0.15) is 58.6 Å². The summed E-state index contributed by atoms with van der Waals surface area (Å²) in [7, 11) is 0. The van der Waals surface area contributed by atoms with E-state index in [1.165, 1.54) is 12.1 Å². The number of phenols is 1. The van der Waals surface area contributed by atoms with Gasteiger partial charge in [0.2, 0.25) is 5.91 Å². The number of rotatable bonds is 9. The molecule has 0 fully saturated rings. The van der Waals surface area contributed by atoms with Gasteiger partial charge in [0.05, 0.1) is 0 Å². The standard InChI is InChI=1S/C22H31N3O5/c1-6-8-9-13-23-20(28)19(16-11-10-12-17(26)14-16)25(7-2)18(27)15-24-21(29)30-22(3,4)5/h2,10-12,14,19,26H,6,8-9,13,15H2,1,3-5H3,(H,23,28)(H,24,29). The third-order valence-corrected chi connectivity index (χ3v) is 3.96. The van der Waals surface area contributed by atoms with E-state index in [0.717, 1.165) is 24.2 Å². The summed E-state index contributed by atoms with van der Waals surface area (Å²) in [6.45, 7) is 7.13. The van der Waals surface area contributed by atoms with Gasteiger partial charge in [-0.15, -0.1) is 0 Å². The van der Waals surface area contributed by atoms with Gasteiger partial charge >= 0.3 is 6.09 Å². The fourth-order valence-electron chi connectivity index (χ4n) is 2.63. The predicted molar refractivity (Wildman–Crippen MR) is 113 cm³/mol. The van der Waals surface area contributed by atoms with E-state index >= 15 is 0 Å². The van der Waals surface area contributed by atoms with Gasteiger partial charge in [-0.1, -0.05) is 38.3 Å². The van der Waals surface area contributed by atoms with Gasteiger partial charge in [-0.25, -0.2) is 4.79 Å². The van der Waals surface area contributed by atoms with Gasteiger partial charge in [0, 0.05) is 12.6 Å². The predicted octanol–water partition coefficient (Wildman–Crippen LogP) is 2.68. The molecule has 8 nitrogen and oxygen atoms in total. The van der Waals surface area contributed by atoms with Gasteiger partial charge in [0.15, 0.2) is 0 Å². The summed E-state index contributed by atoms with van der Waals surface area (Å²) in [6, 6.07) is 7.04. The van der Waals surface area contributed by atoms with Crippen LogP contribution in [0.2, 0.25) is 0 Å². The van der Waals surface area contributed by atoms with Crippen LogP contribution in [-0.4, -0.2) is 46.6 Å². The average molecular weight is 418 g/mol. The molecule has 0 aliphatic heterocycles. The number of nitrogens with zero attached hydrogens (tertiary/aromatic N) is 1. The van der Waals surface area contributed by atoms with Crippen molar-refractivity contribution in [3.05, 3.63) is 29.8 Å². The maximum atomic E-state index is 12.9. The number of alkyl carbamates (subject to hydrolysis) is 1. The molecular formula is C22H31N3O5. The number of benzene rings is 1. The smallest absolute Gasteiger partial charge is 0.408 e. The normalized spacial score (nSPS) is 11.7. The fourth-order valence-corrected chi connectivity index (χ4v) is 2.63. The number of nitrogens with one attached hydrogen (secondary N) is 2. The van der Waals surface area contributed by atoms with E-state index in [9.17, 15) is 19.5 Å². The molecule has 1 aromatic rings. The highest BCUT2D eigenvalue weighted by Crippen LogP contribution is 2.24. The minimum absolute atomic E-state index is 0.0624. The van der Waals surface area contributed by atoms with E-state index in [0.29, 0.717) is 12.1 Å². The first-order chi connectivity index (χ1) is 14.1. The molecule has 0 radical (unpaired) electrons. The van der Waals surface area contributed by atoms with Crippen LogP contribution < -0.4 is 10.6 Å². The van der Waals surface area contributed by atoms with Crippen molar-refractivity contribution in [3.63, 3.8) is 0 Å². The summed E-state index contributed by atoms with van der Waals surface area (Å²) < 4.78 is 5.10. The molecule has 0 aliphatic carbocycles. The van der Waals surface area contributed by atoms with Crippen LogP contribution in [0.3, 0.4) is 0 Å². The number of amides is 3. The maximum Gasteiger partial charge on any atom is 0.408 e. The first-order valence-electron chi connectivity index (χ1n) is 9.90. The SMILES string of the molecule is C#CN(C(=O)CNC(=O)OC(C)(C)C)C(C(=O)NCCCCC)c1cccc(O)c1.